The predicted octanol–water partition coefficient (Wildman–Crippen LogP) is 3.42. The first-order valence-electron chi connectivity index (χ1n) is 4.80. The van der Waals surface area contributed by atoms with E-state index in [4.69, 9.17) is 11.6 Å². The zero-order chi connectivity index (χ0) is 11.1. The molecule has 0 aliphatic carbocycles. The fraction of sp³-hybridized carbons (Fsp3) is 0.0909. The molecule has 0 atom stereocenters. The molecule has 16 heavy (non-hydrogen) atoms. The Morgan fingerprint density at radius 2 is 2.25 bits per heavy atom. The van der Waals surface area contributed by atoms with Crippen LogP contribution in [0.15, 0.2) is 29.8 Å². The minimum Gasteiger partial charge on any atom is -0.217 e. The Labute approximate surface area is 101 Å². The molecule has 0 N–H and O–H groups in total. The number of nitrogens with zero attached hydrogens (tertiary/aromatic N) is 3. The summed E-state index contributed by atoms with van der Waals surface area (Å²) in [6.07, 6.45) is 0. The van der Waals surface area contributed by atoms with Crippen molar-refractivity contribution >= 4 is 27.9 Å². The number of aryl methyl sites for hydroxylation is 1. The zero-order valence-corrected chi connectivity index (χ0v) is 10.1. The standard InChI is InChI=1S/C11H8ClN3S/c1-7-10(8-3-2-4-9(12)5-8)14-11-15(7)13-6-16-11/h2-6H,1H3. The molecular weight excluding hydrogens is 242 g/mol. The van der Waals surface area contributed by atoms with Crippen LogP contribution in [0.2, 0.25) is 5.02 Å². The number of fused-ring (bicyclic) bond motifs is 1. The summed E-state index contributed by atoms with van der Waals surface area (Å²) in [5.41, 5.74) is 4.81. The Morgan fingerprint density at radius 1 is 1.38 bits per heavy atom. The van der Waals surface area contributed by atoms with Gasteiger partial charge in [-0.05, 0) is 19.1 Å². The number of hydrogen-bond acceptors (Lipinski definition) is 3. The monoisotopic (exact) mass is 249 g/mol. The van der Waals surface area contributed by atoms with Gasteiger partial charge < -0.3 is 0 Å². The first-order valence-corrected chi connectivity index (χ1v) is 6.06. The Balaban J connectivity index is 2.25. The van der Waals surface area contributed by atoms with Crippen molar-refractivity contribution in [3.05, 3.63) is 40.5 Å². The van der Waals surface area contributed by atoms with Gasteiger partial charge in [0.15, 0.2) is 0 Å². The smallest absolute Gasteiger partial charge is 0.212 e. The normalized spacial score (nSPS) is 11.1. The third-order valence-electron chi connectivity index (χ3n) is 2.47. The second-order valence-corrected chi connectivity index (χ2v) is 4.74. The highest BCUT2D eigenvalue weighted by Gasteiger charge is 2.11. The molecule has 0 saturated heterocycles. The number of rotatable bonds is 1. The van der Waals surface area contributed by atoms with Crippen molar-refractivity contribution in [3.8, 4) is 11.3 Å². The lowest BCUT2D eigenvalue weighted by Crippen LogP contribution is -1.87. The maximum Gasteiger partial charge on any atom is 0.212 e. The fourth-order valence-electron chi connectivity index (χ4n) is 1.71. The third-order valence-corrected chi connectivity index (χ3v) is 3.38. The highest BCUT2D eigenvalue weighted by Crippen LogP contribution is 2.26. The van der Waals surface area contributed by atoms with Crippen LogP contribution in [0.3, 0.4) is 0 Å². The molecule has 0 radical (unpaired) electrons. The largest absolute Gasteiger partial charge is 0.217 e. The Hall–Kier alpha value is -1.39. The van der Waals surface area contributed by atoms with Gasteiger partial charge in [-0.25, -0.2) is 9.50 Å². The van der Waals surface area contributed by atoms with E-state index in [1.165, 1.54) is 11.3 Å². The molecule has 2 heterocycles. The van der Waals surface area contributed by atoms with Crippen molar-refractivity contribution < 1.29 is 0 Å². The van der Waals surface area contributed by atoms with E-state index in [1.54, 1.807) is 5.51 Å². The number of imidazole rings is 1. The highest BCUT2D eigenvalue weighted by molar-refractivity contribution is 7.14. The molecule has 0 aliphatic rings. The summed E-state index contributed by atoms with van der Waals surface area (Å²) in [5, 5.41) is 4.95. The molecule has 3 nitrogen and oxygen atoms in total. The van der Waals surface area contributed by atoms with E-state index in [1.807, 2.05) is 35.7 Å². The maximum atomic E-state index is 5.97. The lowest BCUT2D eigenvalue weighted by atomic mass is 10.1. The number of aromatic nitrogens is 3. The summed E-state index contributed by atoms with van der Waals surface area (Å²) in [7, 11) is 0. The van der Waals surface area contributed by atoms with Crippen LogP contribution in [-0.2, 0) is 0 Å². The SMILES string of the molecule is Cc1c(-c2cccc(Cl)c2)nc2scnn12. The number of hydrogen-bond donors (Lipinski definition) is 0. The van der Waals surface area contributed by atoms with Crippen LogP contribution in [0.25, 0.3) is 16.2 Å². The van der Waals surface area contributed by atoms with Crippen LogP contribution in [0.1, 0.15) is 5.69 Å². The van der Waals surface area contributed by atoms with Crippen LogP contribution in [0.5, 0.6) is 0 Å². The van der Waals surface area contributed by atoms with Gasteiger partial charge >= 0.3 is 0 Å². The summed E-state index contributed by atoms with van der Waals surface area (Å²) >= 11 is 7.50. The van der Waals surface area contributed by atoms with E-state index in [0.29, 0.717) is 0 Å². The van der Waals surface area contributed by atoms with Gasteiger partial charge in [-0.2, -0.15) is 5.10 Å². The molecule has 1 aromatic carbocycles. The van der Waals surface area contributed by atoms with Gasteiger partial charge in [0.2, 0.25) is 4.96 Å². The van der Waals surface area contributed by atoms with E-state index in [9.17, 15) is 0 Å². The van der Waals surface area contributed by atoms with E-state index in [-0.39, 0.29) is 0 Å². The van der Waals surface area contributed by atoms with Gasteiger partial charge in [-0.3, -0.25) is 0 Å². The molecule has 0 saturated carbocycles. The third kappa shape index (κ3) is 1.42. The highest BCUT2D eigenvalue weighted by atomic mass is 35.5. The van der Waals surface area contributed by atoms with E-state index in [2.05, 4.69) is 10.1 Å². The molecule has 0 fully saturated rings. The number of halogens is 1. The molecule has 2 aromatic heterocycles. The molecule has 0 spiro atoms. The van der Waals surface area contributed by atoms with Gasteiger partial charge in [0.05, 0.1) is 11.4 Å². The van der Waals surface area contributed by atoms with Crippen molar-refractivity contribution in [2.45, 2.75) is 6.92 Å². The molecule has 80 valence electrons. The van der Waals surface area contributed by atoms with Crippen molar-refractivity contribution in [2.75, 3.05) is 0 Å². The summed E-state index contributed by atoms with van der Waals surface area (Å²) in [5.74, 6) is 0. The Kier molecular flexibility index (Phi) is 2.19. The van der Waals surface area contributed by atoms with Gasteiger partial charge in [-0.1, -0.05) is 35.1 Å². The van der Waals surface area contributed by atoms with Crippen LogP contribution in [-0.4, -0.2) is 14.6 Å². The second kappa shape index (κ2) is 3.57. The molecule has 3 rings (SSSR count). The van der Waals surface area contributed by atoms with Gasteiger partial charge in [0.1, 0.15) is 5.51 Å². The number of benzene rings is 1. The van der Waals surface area contributed by atoms with Crippen LogP contribution in [0, 0.1) is 6.92 Å². The average Bonchev–Trinajstić information content (AvgIpc) is 2.82. The average molecular weight is 250 g/mol. The molecule has 0 amide bonds. The molecule has 0 aliphatic heterocycles. The predicted molar refractivity (Wildman–Crippen MR) is 66.0 cm³/mol. The van der Waals surface area contributed by atoms with Crippen LogP contribution < -0.4 is 0 Å². The van der Waals surface area contributed by atoms with Gasteiger partial charge in [0.25, 0.3) is 0 Å². The maximum absolute atomic E-state index is 5.97. The molecule has 0 unspecified atom stereocenters. The summed E-state index contributed by atoms with van der Waals surface area (Å²) in [4.78, 5) is 5.45. The second-order valence-electron chi connectivity index (χ2n) is 3.49. The van der Waals surface area contributed by atoms with Crippen molar-refractivity contribution in [1.29, 1.82) is 0 Å². The van der Waals surface area contributed by atoms with E-state index < -0.39 is 0 Å². The summed E-state index contributed by atoms with van der Waals surface area (Å²) in [6, 6.07) is 7.71. The van der Waals surface area contributed by atoms with E-state index in [0.717, 1.165) is 26.9 Å². The fourth-order valence-corrected chi connectivity index (χ4v) is 2.56. The topological polar surface area (TPSA) is 30.2 Å². The van der Waals surface area contributed by atoms with Crippen molar-refractivity contribution in [3.63, 3.8) is 0 Å². The first-order chi connectivity index (χ1) is 7.75. The Bertz CT molecular complexity index is 656. The van der Waals surface area contributed by atoms with Crippen molar-refractivity contribution in [2.24, 2.45) is 0 Å². The van der Waals surface area contributed by atoms with Crippen LogP contribution >= 0.6 is 22.9 Å². The van der Waals surface area contributed by atoms with Crippen molar-refractivity contribution in [1.82, 2.24) is 14.6 Å². The quantitative estimate of drug-likeness (QED) is 0.662. The summed E-state index contributed by atoms with van der Waals surface area (Å²) in [6.45, 7) is 2.01. The van der Waals surface area contributed by atoms with E-state index >= 15 is 0 Å². The molecule has 3 aromatic rings. The minimum absolute atomic E-state index is 0.723. The Morgan fingerprint density at radius 3 is 3.00 bits per heavy atom. The lowest BCUT2D eigenvalue weighted by Gasteiger charge is -1.98. The molecular formula is C11H8ClN3S. The van der Waals surface area contributed by atoms with Crippen LogP contribution in [0.4, 0.5) is 0 Å². The molecule has 5 heteroatoms. The zero-order valence-electron chi connectivity index (χ0n) is 8.51. The first kappa shape index (κ1) is 9.81. The van der Waals surface area contributed by atoms with Gasteiger partial charge in [-0.15, -0.1) is 0 Å². The van der Waals surface area contributed by atoms with Gasteiger partial charge in [0, 0.05) is 10.6 Å². The minimum atomic E-state index is 0.723. The molecule has 0 bridgehead atoms. The lowest BCUT2D eigenvalue weighted by molar-refractivity contribution is 0.932. The summed E-state index contributed by atoms with van der Waals surface area (Å²) < 4.78 is 1.85.